The minimum Gasteiger partial charge on any atom is -0.365 e. The van der Waals surface area contributed by atoms with Crippen molar-refractivity contribution in [3.05, 3.63) is 78.5 Å². The van der Waals surface area contributed by atoms with E-state index in [1.165, 1.54) is 21.7 Å². The number of rotatable bonds is 4. The lowest BCUT2D eigenvalue weighted by atomic mass is 9.98. The van der Waals surface area contributed by atoms with Crippen LogP contribution in [0.15, 0.2) is 72.9 Å². The molecule has 4 aromatic rings. The quantitative estimate of drug-likeness (QED) is 0.511. The van der Waals surface area contributed by atoms with Crippen LogP contribution in [-0.4, -0.2) is 21.7 Å². The highest BCUT2D eigenvalue weighted by Crippen LogP contribution is 2.29. The summed E-state index contributed by atoms with van der Waals surface area (Å²) in [5, 5.41) is 8.84. The Morgan fingerprint density at radius 3 is 2.32 bits per heavy atom. The molecule has 7 heteroatoms. The van der Waals surface area contributed by atoms with E-state index in [2.05, 4.69) is 34.7 Å². The van der Waals surface area contributed by atoms with E-state index in [0.29, 0.717) is 5.69 Å². The lowest BCUT2D eigenvalue weighted by molar-refractivity contribution is 0.100. The van der Waals surface area contributed by atoms with Gasteiger partial charge in [0.15, 0.2) is 5.82 Å². The second-order valence-electron chi connectivity index (χ2n) is 6.26. The maximum atomic E-state index is 11.6. The van der Waals surface area contributed by atoms with Crippen LogP contribution in [0.1, 0.15) is 10.4 Å². The number of anilines is 1. The molecule has 0 aliphatic carbocycles. The van der Waals surface area contributed by atoms with Crippen LogP contribution in [0, 0.1) is 0 Å². The number of amides is 3. The molecule has 7 nitrogen and oxygen atoms in total. The van der Waals surface area contributed by atoms with Gasteiger partial charge in [0.25, 0.3) is 5.91 Å². The third-order valence-corrected chi connectivity index (χ3v) is 4.45. The van der Waals surface area contributed by atoms with Gasteiger partial charge in [0.05, 0.1) is 5.69 Å². The number of urea groups is 1. The number of nitrogens with two attached hydrogens (primary N) is 2. The molecule has 1 heterocycles. The fourth-order valence-corrected chi connectivity index (χ4v) is 3.17. The van der Waals surface area contributed by atoms with Gasteiger partial charge in [-0.3, -0.25) is 10.1 Å². The molecule has 0 spiro atoms. The molecule has 1 aromatic heterocycles. The molecule has 28 heavy (non-hydrogen) atoms. The van der Waals surface area contributed by atoms with Gasteiger partial charge in [-0.25, -0.2) is 9.48 Å². The maximum absolute atomic E-state index is 11.6. The summed E-state index contributed by atoms with van der Waals surface area (Å²) in [6.45, 7) is 0. The van der Waals surface area contributed by atoms with E-state index >= 15 is 0 Å². The van der Waals surface area contributed by atoms with Crippen LogP contribution in [0.3, 0.4) is 0 Å². The molecule has 4 rings (SSSR count). The zero-order valence-electron chi connectivity index (χ0n) is 14.8. The van der Waals surface area contributed by atoms with Gasteiger partial charge in [-0.15, -0.1) is 5.10 Å². The van der Waals surface area contributed by atoms with Crippen molar-refractivity contribution in [1.82, 2.24) is 9.78 Å². The van der Waals surface area contributed by atoms with E-state index in [9.17, 15) is 9.59 Å². The Kier molecular flexibility index (Phi) is 4.25. The van der Waals surface area contributed by atoms with Gasteiger partial charge in [-0.05, 0) is 34.0 Å². The van der Waals surface area contributed by atoms with E-state index in [4.69, 9.17) is 11.5 Å². The molecule has 0 bridgehead atoms. The normalized spacial score (nSPS) is 10.7. The SMILES string of the molecule is NC(=O)Nc1nn(-c2ccc(-c3cccc4ccccc34)cc2)cc1C(N)=O. The highest BCUT2D eigenvalue weighted by atomic mass is 16.2. The van der Waals surface area contributed by atoms with Gasteiger partial charge in [-0.1, -0.05) is 54.6 Å². The predicted molar refractivity (Wildman–Crippen MR) is 108 cm³/mol. The standard InChI is InChI=1S/C21H17N5O2/c22-19(27)18-12-26(25-20(18)24-21(23)28)15-10-8-14(9-11-15)17-7-3-5-13-4-1-2-6-16(13)17/h1-12H,(H2,22,27)(H3,23,24,25,28). The van der Waals surface area contributed by atoms with Crippen LogP contribution in [0.25, 0.3) is 27.6 Å². The van der Waals surface area contributed by atoms with Gasteiger partial charge in [0.1, 0.15) is 5.56 Å². The Bertz CT molecular complexity index is 1190. The van der Waals surface area contributed by atoms with Crippen molar-refractivity contribution in [3.63, 3.8) is 0 Å². The maximum Gasteiger partial charge on any atom is 0.317 e. The summed E-state index contributed by atoms with van der Waals surface area (Å²) in [5.41, 5.74) is 13.4. The predicted octanol–water partition coefficient (Wildman–Crippen LogP) is 3.28. The van der Waals surface area contributed by atoms with Crippen LogP contribution in [0.4, 0.5) is 10.6 Å². The third-order valence-electron chi connectivity index (χ3n) is 4.45. The Labute approximate surface area is 160 Å². The Morgan fingerprint density at radius 2 is 1.61 bits per heavy atom. The molecule has 0 saturated heterocycles. The summed E-state index contributed by atoms with van der Waals surface area (Å²) in [5.74, 6) is -0.680. The highest BCUT2D eigenvalue weighted by molar-refractivity contribution is 6.01. The number of carbonyl (C=O) groups excluding carboxylic acids is 2. The van der Waals surface area contributed by atoms with Crippen LogP contribution < -0.4 is 16.8 Å². The largest absolute Gasteiger partial charge is 0.365 e. The number of primary amides is 2. The summed E-state index contributed by atoms with van der Waals surface area (Å²) in [4.78, 5) is 22.7. The van der Waals surface area contributed by atoms with Crippen molar-refractivity contribution >= 4 is 28.5 Å². The molecule has 3 aromatic carbocycles. The molecular weight excluding hydrogens is 354 g/mol. The molecule has 0 radical (unpaired) electrons. The van der Waals surface area contributed by atoms with E-state index < -0.39 is 11.9 Å². The molecule has 5 N–H and O–H groups in total. The van der Waals surface area contributed by atoms with Gasteiger partial charge in [0.2, 0.25) is 0 Å². The summed E-state index contributed by atoms with van der Waals surface area (Å²) in [6.07, 6.45) is 1.46. The van der Waals surface area contributed by atoms with Crippen molar-refractivity contribution in [3.8, 4) is 16.8 Å². The second-order valence-corrected chi connectivity index (χ2v) is 6.26. The van der Waals surface area contributed by atoms with E-state index in [0.717, 1.165) is 11.1 Å². The van der Waals surface area contributed by atoms with E-state index in [1.54, 1.807) is 0 Å². The number of nitrogens with zero attached hydrogens (tertiary/aromatic N) is 2. The molecule has 138 valence electrons. The summed E-state index contributed by atoms with van der Waals surface area (Å²) >= 11 is 0. The minimum absolute atomic E-state index is 0.0260. The zero-order valence-corrected chi connectivity index (χ0v) is 14.8. The number of hydrogen-bond donors (Lipinski definition) is 3. The van der Waals surface area contributed by atoms with Crippen LogP contribution >= 0.6 is 0 Å². The fourth-order valence-electron chi connectivity index (χ4n) is 3.17. The van der Waals surface area contributed by atoms with Crippen LogP contribution in [-0.2, 0) is 0 Å². The highest BCUT2D eigenvalue weighted by Gasteiger charge is 2.16. The molecule has 0 fully saturated rings. The first-order chi connectivity index (χ1) is 13.5. The average molecular weight is 371 g/mol. The number of nitrogens with one attached hydrogen (secondary N) is 1. The number of hydrogen-bond acceptors (Lipinski definition) is 3. The molecule has 0 aliphatic heterocycles. The van der Waals surface area contributed by atoms with Crippen molar-refractivity contribution in [2.45, 2.75) is 0 Å². The van der Waals surface area contributed by atoms with E-state index in [1.807, 2.05) is 42.5 Å². The molecule has 0 unspecified atom stereocenters. The lowest BCUT2D eigenvalue weighted by Gasteiger charge is -2.08. The molecule has 0 aliphatic rings. The topological polar surface area (TPSA) is 116 Å². The summed E-state index contributed by atoms with van der Waals surface area (Å²) in [7, 11) is 0. The third kappa shape index (κ3) is 3.16. The van der Waals surface area contributed by atoms with Crippen LogP contribution in [0.5, 0.6) is 0 Å². The van der Waals surface area contributed by atoms with Gasteiger partial charge in [-0.2, -0.15) is 0 Å². The average Bonchev–Trinajstić information content (AvgIpc) is 3.11. The zero-order chi connectivity index (χ0) is 19.7. The minimum atomic E-state index is -0.820. The van der Waals surface area contributed by atoms with Gasteiger partial charge >= 0.3 is 6.03 Å². The Hall–Kier alpha value is -4.13. The molecule has 3 amide bonds. The van der Waals surface area contributed by atoms with Crippen molar-refractivity contribution < 1.29 is 9.59 Å². The number of carbonyl (C=O) groups is 2. The van der Waals surface area contributed by atoms with Gasteiger partial charge < -0.3 is 11.5 Å². The first-order valence-corrected chi connectivity index (χ1v) is 8.57. The van der Waals surface area contributed by atoms with Crippen molar-refractivity contribution in [2.75, 3.05) is 5.32 Å². The molecule has 0 saturated carbocycles. The fraction of sp³-hybridized carbons (Fsp3) is 0. The summed E-state index contributed by atoms with van der Waals surface area (Å²) < 4.78 is 1.47. The lowest BCUT2D eigenvalue weighted by Crippen LogP contribution is -2.22. The van der Waals surface area contributed by atoms with E-state index in [-0.39, 0.29) is 11.4 Å². The number of fused-ring (bicyclic) bond motifs is 1. The van der Waals surface area contributed by atoms with Crippen molar-refractivity contribution in [2.24, 2.45) is 11.5 Å². The Morgan fingerprint density at radius 1 is 0.893 bits per heavy atom. The second kappa shape index (κ2) is 6.88. The van der Waals surface area contributed by atoms with Crippen molar-refractivity contribution in [1.29, 1.82) is 0 Å². The molecular formula is C21H17N5O2. The first-order valence-electron chi connectivity index (χ1n) is 8.57. The smallest absolute Gasteiger partial charge is 0.317 e. The monoisotopic (exact) mass is 371 g/mol. The van der Waals surface area contributed by atoms with Gasteiger partial charge in [0, 0.05) is 6.20 Å². The number of aromatic nitrogens is 2. The Balaban J connectivity index is 1.72. The number of benzene rings is 3. The molecule has 0 atom stereocenters. The first kappa shape index (κ1) is 17.3. The summed E-state index contributed by atoms with van der Waals surface area (Å²) in [6, 6.07) is 21.3. The van der Waals surface area contributed by atoms with Crippen LogP contribution in [0.2, 0.25) is 0 Å².